The van der Waals surface area contributed by atoms with E-state index < -0.39 is 0 Å². The molecular weight excluding hydrogens is 424 g/mol. The molecule has 1 unspecified atom stereocenters. The summed E-state index contributed by atoms with van der Waals surface area (Å²) in [6.07, 6.45) is 10.9. The molecule has 0 N–H and O–H groups in total. The Labute approximate surface area is 207 Å². The van der Waals surface area contributed by atoms with Crippen LogP contribution < -0.4 is 0 Å². The Kier molecular flexibility index (Phi) is 12.4. The molecule has 5 nitrogen and oxygen atoms in total. The molecule has 2 rings (SSSR count). The number of likely N-dealkylation sites (N-methyl/N-ethyl adjacent to an activating group) is 1. The molecule has 0 saturated heterocycles. The molecule has 1 atom stereocenters. The van der Waals surface area contributed by atoms with E-state index in [1.54, 1.807) is 4.90 Å². The Balaban J connectivity index is 1.51. The van der Waals surface area contributed by atoms with E-state index in [0.717, 1.165) is 56.5 Å². The average molecular weight is 471 g/mol. The highest BCUT2D eigenvalue weighted by Crippen LogP contribution is 2.19. The second-order valence-corrected chi connectivity index (χ2v) is 10.3. The van der Waals surface area contributed by atoms with Crippen LogP contribution in [0.3, 0.4) is 0 Å². The highest BCUT2D eigenvalue weighted by Gasteiger charge is 2.19. The first-order valence-electron chi connectivity index (χ1n) is 13.2. The highest BCUT2D eigenvalue weighted by molar-refractivity contribution is 5.93. The minimum Gasteiger partial charge on any atom is -0.465 e. The number of amides is 1. The first kappa shape index (κ1) is 28.1. The van der Waals surface area contributed by atoms with Crippen molar-refractivity contribution in [2.75, 3.05) is 40.3 Å². The van der Waals surface area contributed by atoms with Crippen molar-refractivity contribution < 1.29 is 14.3 Å². The predicted molar refractivity (Wildman–Crippen MR) is 140 cm³/mol. The van der Waals surface area contributed by atoms with Gasteiger partial charge in [0.1, 0.15) is 0 Å². The molecule has 1 aliphatic rings. The number of esters is 1. The van der Waals surface area contributed by atoms with Gasteiger partial charge in [-0.15, -0.1) is 0 Å². The summed E-state index contributed by atoms with van der Waals surface area (Å²) in [5, 5.41) is 0. The Morgan fingerprint density at radius 1 is 0.971 bits per heavy atom. The van der Waals surface area contributed by atoms with Crippen LogP contribution >= 0.6 is 0 Å². The van der Waals surface area contributed by atoms with Crippen molar-refractivity contribution >= 4 is 11.9 Å². The summed E-state index contributed by atoms with van der Waals surface area (Å²) in [5.41, 5.74) is 3.28. The maximum atomic E-state index is 12.4. The van der Waals surface area contributed by atoms with Gasteiger partial charge in [-0.1, -0.05) is 69.9 Å². The molecule has 0 fully saturated rings. The predicted octanol–water partition coefficient (Wildman–Crippen LogP) is 5.59. The molecule has 1 aromatic carbocycles. The zero-order valence-corrected chi connectivity index (χ0v) is 22.1. The van der Waals surface area contributed by atoms with Crippen molar-refractivity contribution in [3.63, 3.8) is 0 Å². The zero-order chi connectivity index (χ0) is 24.9. The Hall–Kier alpha value is -2.14. The van der Waals surface area contributed by atoms with Crippen LogP contribution in [0.2, 0.25) is 0 Å². The van der Waals surface area contributed by atoms with Gasteiger partial charge in [0.25, 0.3) is 0 Å². The van der Waals surface area contributed by atoms with Gasteiger partial charge in [0.05, 0.1) is 12.5 Å². The molecule has 0 aliphatic carbocycles. The second kappa shape index (κ2) is 15.0. The van der Waals surface area contributed by atoms with Crippen LogP contribution in [0.4, 0.5) is 0 Å². The molecule has 0 spiro atoms. The largest absolute Gasteiger partial charge is 0.465 e. The summed E-state index contributed by atoms with van der Waals surface area (Å²) in [4.78, 5) is 28.6. The fourth-order valence-corrected chi connectivity index (χ4v) is 4.43. The summed E-state index contributed by atoms with van der Waals surface area (Å²) in [6, 6.07) is 8.38. The zero-order valence-electron chi connectivity index (χ0n) is 22.1. The minimum absolute atomic E-state index is 0.126. The van der Waals surface area contributed by atoms with Crippen molar-refractivity contribution in [3.8, 4) is 0 Å². The van der Waals surface area contributed by atoms with Crippen molar-refractivity contribution in [2.45, 2.75) is 78.1 Å². The molecule has 5 heteroatoms. The van der Waals surface area contributed by atoms with Crippen LogP contribution in [0.1, 0.15) is 82.8 Å². The van der Waals surface area contributed by atoms with Gasteiger partial charge in [0.2, 0.25) is 5.91 Å². The van der Waals surface area contributed by atoms with Gasteiger partial charge in [-0.25, -0.2) is 0 Å². The molecule has 190 valence electrons. The van der Waals surface area contributed by atoms with Crippen LogP contribution in [0.25, 0.3) is 0 Å². The molecule has 34 heavy (non-hydrogen) atoms. The maximum absolute atomic E-state index is 12.4. The lowest BCUT2D eigenvalue weighted by molar-refractivity contribution is -0.145. The van der Waals surface area contributed by atoms with Crippen LogP contribution in [-0.4, -0.2) is 62.0 Å². The number of unbranched alkanes of at least 4 members (excludes halogenated alkanes) is 5. The fourth-order valence-electron chi connectivity index (χ4n) is 4.43. The van der Waals surface area contributed by atoms with Gasteiger partial charge in [-0.05, 0) is 56.2 Å². The van der Waals surface area contributed by atoms with Gasteiger partial charge in [0, 0.05) is 32.8 Å². The number of nitrogens with zero attached hydrogens (tertiary/aromatic N) is 2. The van der Waals surface area contributed by atoms with Gasteiger partial charge < -0.3 is 9.64 Å². The molecule has 1 aromatic rings. The van der Waals surface area contributed by atoms with E-state index >= 15 is 0 Å². The molecule has 0 bridgehead atoms. The van der Waals surface area contributed by atoms with Crippen LogP contribution in [0.15, 0.2) is 35.9 Å². The molecule has 1 heterocycles. The van der Waals surface area contributed by atoms with Crippen LogP contribution in [-0.2, 0) is 20.7 Å². The van der Waals surface area contributed by atoms with Gasteiger partial charge in [-0.2, -0.15) is 0 Å². The minimum atomic E-state index is -0.216. The number of hydrogen-bond donors (Lipinski definition) is 0. The first-order valence-corrected chi connectivity index (χ1v) is 13.2. The summed E-state index contributed by atoms with van der Waals surface area (Å²) < 4.78 is 5.52. The average Bonchev–Trinajstić information content (AvgIpc) is 2.82. The van der Waals surface area contributed by atoms with Gasteiger partial charge in [-0.3, -0.25) is 14.5 Å². The smallest absolute Gasteiger partial charge is 0.313 e. The van der Waals surface area contributed by atoms with E-state index in [2.05, 4.69) is 49.1 Å². The lowest BCUT2D eigenvalue weighted by atomic mass is 9.97. The van der Waals surface area contributed by atoms with Crippen molar-refractivity contribution in [1.29, 1.82) is 0 Å². The van der Waals surface area contributed by atoms with Crippen molar-refractivity contribution in [1.82, 2.24) is 9.80 Å². The van der Waals surface area contributed by atoms with Crippen LogP contribution in [0.5, 0.6) is 0 Å². The van der Waals surface area contributed by atoms with E-state index in [9.17, 15) is 9.59 Å². The Morgan fingerprint density at radius 2 is 1.62 bits per heavy atom. The fraction of sp³-hybridized carbons (Fsp3) is 0.655. The summed E-state index contributed by atoms with van der Waals surface area (Å²) in [6.45, 7) is 9.76. The number of carbonyl (C=O) groups excluding carboxylic acids is 2. The molecule has 1 aliphatic heterocycles. The maximum Gasteiger partial charge on any atom is 0.313 e. The molecule has 0 radical (unpaired) electrons. The number of rotatable bonds is 14. The number of hydrogen-bond acceptors (Lipinski definition) is 4. The lowest BCUT2D eigenvalue weighted by Gasteiger charge is -2.27. The SMILES string of the molecule is CC(C)Cc1ccc(C(C)C(=O)OCCCCCCCCN2CCC=C(C(=O)N(C)C)C2)cc1. The second-order valence-electron chi connectivity index (χ2n) is 10.3. The van der Waals surface area contributed by atoms with Crippen LogP contribution in [0, 0.1) is 5.92 Å². The molecular formula is C29H46N2O3. The van der Waals surface area contributed by atoms with E-state index in [1.165, 1.54) is 31.2 Å². The third kappa shape index (κ3) is 10.0. The third-order valence-electron chi connectivity index (χ3n) is 6.50. The summed E-state index contributed by atoms with van der Waals surface area (Å²) >= 11 is 0. The Morgan fingerprint density at radius 3 is 2.26 bits per heavy atom. The first-order chi connectivity index (χ1) is 16.3. The lowest BCUT2D eigenvalue weighted by Crippen LogP contribution is -2.36. The van der Waals surface area contributed by atoms with Crippen molar-refractivity contribution in [3.05, 3.63) is 47.0 Å². The van der Waals surface area contributed by atoms with E-state index in [0.29, 0.717) is 12.5 Å². The molecule has 1 amide bonds. The Bertz CT molecular complexity index is 783. The van der Waals surface area contributed by atoms with E-state index in [1.807, 2.05) is 21.0 Å². The molecule has 0 saturated carbocycles. The highest BCUT2D eigenvalue weighted by atomic mass is 16.5. The topological polar surface area (TPSA) is 49.9 Å². The number of benzene rings is 1. The quantitative estimate of drug-likeness (QED) is 0.263. The molecule has 0 aromatic heterocycles. The standard InChI is InChI=1S/C29H46N2O3/c1-23(2)21-25-14-16-26(17-15-25)24(3)29(33)34-20-11-9-7-6-8-10-18-31-19-12-13-27(22-31)28(32)30(4)5/h13-17,23-24H,6-12,18-22H2,1-5H3. The van der Waals surface area contributed by atoms with E-state index in [-0.39, 0.29) is 17.8 Å². The van der Waals surface area contributed by atoms with E-state index in [4.69, 9.17) is 4.74 Å². The monoisotopic (exact) mass is 470 g/mol. The van der Waals surface area contributed by atoms with Gasteiger partial charge in [0.15, 0.2) is 0 Å². The normalized spacial score (nSPS) is 15.2. The number of carbonyl (C=O) groups is 2. The van der Waals surface area contributed by atoms with Crippen molar-refractivity contribution in [2.24, 2.45) is 5.92 Å². The summed E-state index contributed by atoms with van der Waals surface area (Å²) in [5.74, 6) is 0.429. The summed E-state index contributed by atoms with van der Waals surface area (Å²) in [7, 11) is 3.63. The number of ether oxygens (including phenoxy) is 1. The van der Waals surface area contributed by atoms with Gasteiger partial charge >= 0.3 is 5.97 Å². The third-order valence-corrected chi connectivity index (χ3v) is 6.50.